The van der Waals surface area contributed by atoms with Gasteiger partial charge in [-0.3, -0.25) is 37.3 Å². The Labute approximate surface area is 626 Å². The Morgan fingerprint density at radius 1 is 0.275 bits per heavy atom. The molecule has 8 atom stereocenters. The number of ether oxygens (including phenoxy) is 4. The van der Waals surface area contributed by atoms with Crippen molar-refractivity contribution in [3.05, 3.63) is 0 Å². The molecule has 17 nitrogen and oxygen atoms in total. The lowest BCUT2D eigenvalue weighted by Crippen LogP contribution is -2.30. The molecule has 0 aromatic carbocycles. The molecule has 0 aromatic heterocycles. The third kappa shape index (κ3) is 72.3. The Morgan fingerprint density at radius 2 is 0.471 bits per heavy atom. The van der Waals surface area contributed by atoms with Crippen molar-refractivity contribution in [1.29, 1.82) is 0 Å². The maximum atomic E-state index is 13.1. The van der Waals surface area contributed by atoms with Crippen molar-refractivity contribution < 1.29 is 80.2 Å². The number of hydrogen-bond donors (Lipinski definition) is 3. The molecule has 102 heavy (non-hydrogen) atoms. The molecule has 0 aliphatic rings. The fourth-order valence-electron chi connectivity index (χ4n) is 12.7. The Bertz CT molecular complexity index is 1990. The van der Waals surface area contributed by atoms with E-state index in [0.717, 1.165) is 114 Å². The van der Waals surface area contributed by atoms with Crippen LogP contribution in [-0.2, 0) is 65.4 Å². The summed E-state index contributed by atoms with van der Waals surface area (Å²) in [6.07, 6.45) is 59.7. The Balaban J connectivity index is 5.17. The van der Waals surface area contributed by atoms with E-state index in [2.05, 4.69) is 55.4 Å². The number of carbonyl (C=O) groups is 4. The number of carbonyl (C=O) groups excluding carboxylic acids is 4. The first-order valence-corrected chi connectivity index (χ1v) is 45.8. The van der Waals surface area contributed by atoms with E-state index >= 15 is 0 Å². The van der Waals surface area contributed by atoms with Crippen molar-refractivity contribution >= 4 is 39.5 Å². The summed E-state index contributed by atoms with van der Waals surface area (Å²) in [7, 11) is -9.92. The molecule has 0 saturated heterocycles. The largest absolute Gasteiger partial charge is 0.472 e. The Kier molecular flexibility index (Phi) is 70.6. The van der Waals surface area contributed by atoms with Crippen LogP contribution < -0.4 is 0 Å². The maximum Gasteiger partial charge on any atom is 0.472 e. The minimum atomic E-state index is -4.96. The zero-order valence-electron chi connectivity index (χ0n) is 67.2. The first-order chi connectivity index (χ1) is 49.2. The first-order valence-electron chi connectivity index (χ1n) is 42.8. The molecule has 0 spiro atoms. The summed E-state index contributed by atoms with van der Waals surface area (Å²) >= 11 is 0. The fraction of sp³-hybridized carbons (Fsp3) is 0.952. The smallest absolute Gasteiger partial charge is 0.462 e. The zero-order chi connectivity index (χ0) is 75.3. The molecule has 0 aliphatic heterocycles. The highest BCUT2D eigenvalue weighted by molar-refractivity contribution is 7.47. The number of unbranched alkanes of at least 4 members (excludes halogenated alkanes) is 43. The van der Waals surface area contributed by atoms with E-state index in [9.17, 15) is 43.2 Å². The summed E-state index contributed by atoms with van der Waals surface area (Å²) in [6, 6.07) is 0. The van der Waals surface area contributed by atoms with Gasteiger partial charge in [0.15, 0.2) is 12.2 Å². The summed E-state index contributed by atoms with van der Waals surface area (Å²) in [4.78, 5) is 73.0. The fourth-order valence-corrected chi connectivity index (χ4v) is 14.3. The van der Waals surface area contributed by atoms with Gasteiger partial charge in [-0.2, -0.15) is 0 Å². The van der Waals surface area contributed by atoms with E-state index in [4.69, 9.17) is 37.0 Å². The van der Waals surface area contributed by atoms with Gasteiger partial charge in [0.1, 0.15) is 19.3 Å². The summed E-state index contributed by atoms with van der Waals surface area (Å²) in [5.74, 6) is 1.08. The minimum absolute atomic E-state index is 0.105. The minimum Gasteiger partial charge on any atom is -0.462 e. The van der Waals surface area contributed by atoms with E-state index in [0.29, 0.717) is 31.6 Å². The van der Waals surface area contributed by atoms with E-state index in [-0.39, 0.29) is 25.7 Å². The van der Waals surface area contributed by atoms with Crippen LogP contribution in [0.1, 0.15) is 428 Å². The lowest BCUT2D eigenvalue weighted by atomic mass is 9.99. The molecule has 3 N–H and O–H groups in total. The molecule has 0 amide bonds. The number of phosphoric ester groups is 2. The van der Waals surface area contributed by atoms with Crippen molar-refractivity contribution in [3.63, 3.8) is 0 Å². The average Bonchev–Trinajstić information content (AvgIpc) is 0.916. The van der Waals surface area contributed by atoms with Gasteiger partial charge in [-0.1, -0.05) is 376 Å². The summed E-state index contributed by atoms with van der Waals surface area (Å²) < 4.78 is 68.7. The average molecular weight is 1490 g/mol. The second kappa shape index (κ2) is 72.0. The van der Waals surface area contributed by atoms with Crippen LogP contribution in [-0.4, -0.2) is 96.7 Å². The van der Waals surface area contributed by atoms with Gasteiger partial charge < -0.3 is 33.8 Å². The molecule has 0 aromatic rings. The number of aliphatic hydroxyl groups excluding tert-OH is 1. The second-order valence-corrected chi connectivity index (χ2v) is 34.0. The Hall–Kier alpha value is -1.94. The highest BCUT2D eigenvalue weighted by Gasteiger charge is 2.30. The molecular weight excluding hydrogens is 1330 g/mol. The van der Waals surface area contributed by atoms with E-state index in [1.54, 1.807) is 0 Å². The predicted molar refractivity (Wildman–Crippen MR) is 418 cm³/mol. The van der Waals surface area contributed by atoms with Crippen LogP contribution in [0.2, 0.25) is 0 Å². The van der Waals surface area contributed by atoms with Crippen LogP contribution in [0.5, 0.6) is 0 Å². The van der Waals surface area contributed by atoms with Gasteiger partial charge in [-0.05, 0) is 49.4 Å². The quantitative estimate of drug-likeness (QED) is 0.0222. The molecular formula is C83H162O17P2. The van der Waals surface area contributed by atoms with Gasteiger partial charge in [0.05, 0.1) is 26.4 Å². The molecule has 6 unspecified atom stereocenters. The lowest BCUT2D eigenvalue weighted by Gasteiger charge is -2.21. The highest BCUT2D eigenvalue weighted by Crippen LogP contribution is 2.45. The van der Waals surface area contributed by atoms with Crippen molar-refractivity contribution in [2.24, 2.45) is 23.7 Å². The standard InChI is InChI=1S/C83H162O17P2/c1-9-74(6)60-52-44-36-28-24-20-16-14-12-13-15-17-22-26-30-39-47-55-63-80(85)93-69-78(100-83(88)66-58-50-41-33-32-38-46-54-62-76(8)11-3)71-97-101(89,90)95-67-77(84)68-96-102(91,92)98-72-79(70-94-81(86)64-56-48-42-34-35-43-51-59-73(4)5)99-82(87)65-57-49-40-31-27-23-19-18-21-25-29-37-45-53-61-75(7)10-2/h73-79,84H,9-72H2,1-8H3,(H,89,90)(H,91,92)/t74?,75?,76?,77?,78-,79-/m1/s1. The first kappa shape index (κ1) is 100. The monoisotopic (exact) mass is 1490 g/mol. The van der Waals surface area contributed by atoms with Crippen LogP contribution >= 0.6 is 15.6 Å². The highest BCUT2D eigenvalue weighted by atomic mass is 31.2. The number of rotatable bonds is 80. The molecule has 606 valence electrons. The van der Waals surface area contributed by atoms with Gasteiger partial charge in [0.25, 0.3) is 0 Å². The molecule has 0 aliphatic carbocycles. The maximum absolute atomic E-state index is 13.1. The van der Waals surface area contributed by atoms with Crippen LogP contribution in [0.3, 0.4) is 0 Å². The molecule has 0 rings (SSSR count). The third-order valence-corrected chi connectivity index (χ3v) is 22.3. The summed E-state index contributed by atoms with van der Waals surface area (Å²) in [6.45, 7) is 14.3. The van der Waals surface area contributed by atoms with Gasteiger partial charge in [0.2, 0.25) is 0 Å². The van der Waals surface area contributed by atoms with Crippen molar-refractivity contribution in [1.82, 2.24) is 0 Å². The molecule has 0 saturated carbocycles. The van der Waals surface area contributed by atoms with Crippen molar-refractivity contribution in [3.8, 4) is 0 Å². The number of aliphatic hydroxyl groups is 1. The zero-order valence-corrected chi connectivity index (χ0v) is 69.0. The number of hydrogen-bond acceptors (Lipinski definition) is 15. The van der Waals surface area contributed by atoms with Gasteiger partial charge >= 0.3 is 39.5 Å². The SMILES string of the molecule is CCC(C)CCCCCCCCCCCCCCCCCCCCC(=O)OC[C@H](COP(=O)(O)OCC(O)COP(=O)(O)OC[C@@H](COC(=O)CCCCCCCCCC(C)C)OC(=O)CCCCCCCCCCCCCCCCC(C)CC)OC(=O)CCCCCCCCCCC(C)CC. The lowest BCUT2D eigenvalue weighted by molar-refractivity contribution is -0.161. The van der Waals surface area contributed by atoms with Gasteiger partial charge in [0, 0.05) is 25.7 Å². The number of phosphoric acid groups is 2. The van der Waals surface area contributed by atoms with E-state index in [1.165, 1.54) is 225 Å². The molecule has 0 bridgehead atoms. The summed E-state index contributed by atoms with van der Waals surface area (Å²) in [5, 5.41) is 10.6. The number of esters is 4. The molecule has 19 heteroatoms. The second-order valence-electron chi connectivity index (χ2n) is 31.1. The Morgan fingerprint density at radius 3 is 0.696 bits per heavy atom. The molecule has 0 radical (unpaired) electrons. The topological polar surface area (TPSA) is 237 Å². The van der Waals surface area contributed by atoms with Crippen LogP contribution in [0.25, 0.3) is 0 Å². The normalized spacial score (nSPS) is 14.8. The molecule has 0 heterocycles. The van der Waals surface area contributed by atoms with Crippen LogP contribution in [0.15, 0.2) is 0 Å². The molecule has 0 fully saturated rings. The van der Waals surface area contributed by atoms with Gasteiger partial charge in [-0.15, -0.1) is 0 Å². The van der Waals surface area contributed by atoms with Crippen molar-refractivity contribution in [2.75, 3.05) is 39.6 Å². The predicted octanol–water partition coefficient (Wildman–Crippen LogP) is 24.8. The third-order valence-electron chi connectivity index (χ3n) is 20.4. The van der Waals surface area contributed by atoms with Gasteiger partial charge in [-0.25, -0.2) is 9.13 Å². The van der Waals surface area contributed by atoms with E-state index in [1.807, 2.05) is 0 Å². The van der Waals surface area contributed by atoms with Crippen LogP contribution in [0, 0.1) is 23.7 Å². The van der Waals surface area contributed by atoms with E-state index < -0.39 is 97.5 Å². The summed E-state index contributed by atoms with van der Waals surface area (Å²) in [5.41, 5.74) is 0. The van der Waals surface area contributed by atoms with Crippen LogP contribution in [0.4, 0.5) is 0 Å². The van der Waals surface area contributed by atoms with Crippen molar-refractivity contribution in [2.45, 2.75) is 446 Å².